The average Bonchev–Trinajstić information content (AvgIpc) is 2.96. The molecule has 0 fully saturated rings. The van der Waals surface area contributed by atoms with E-state index in [9.17, 15) is 4.79 Å². The van der Waals surface area contributed by atoms with Crippen LogP contribution in [0, 0.1) is 6.92 Å². The fourth-order valence-electron chi connectivity index (χ4n) is 2.05. The summed E-state index contributed by atoms with van der Waals surface area (Å²) in [7, 11) is 1.89. The molecule has 1 amide bonds. The van der Waals surface area contributed by atoms with E-state index in [1.165, 1.54) is 0 Å². The summed E-state index contributed by atoms with van der Waals surface area (Å²) >= 11 is 0. The molecular weight excluding hydrogens is 240 g/mol. The van der Waals surface area contributed by atoms with Crippen LogP contribution in [0.25, 0.3) is 0 Å². The summed E-state index contributed by atoms with van der Waals surface area (Å²) in [5.41, 5.74) is 3.80. The fourth-order valence-corrected chi connectivity index (χ4v) is 2.05. The third-order valence-corrected chi connectivity index (χ3v) is 3.38. The van der Waals surface area contributed by atoms with E-state index in [1.807, 2.05) is 20.0 Å². The lowest BCUT2D eigenvalue weighted by Gasteiger charge is -2.08. The van der Waals surface area contributed by atoms with Gasteiger partial charge in [0.1, 0.15) is 0 Å². The first-order valence-corrected chi connectivity index (χ1v) is 6.43. The lowest BCUT2D eigenvalue weighted by Crippen LogP contribution is -2.24. The highest BCUT2D eigenvalue weighted by atomic mass is 16.1. The highest BCUT2D eigenvalue weighted by Crippen LogP contribution is 2.17. The van der Waals surface area contributed by atoms with Gasteiger partial charge in [-0.25, -0.2) is 0 Å². The Morgan fingerprint density at radius 1 is 1.53 bits per heavy atom. The molecule has 5 heteroatoms. The molecule has 0 aromatic carbocycles. The van der Waals surface area contributed by atoms with Crippen molar-refractivity contribution in [2.45, 2.75) is 33.2 Å². The zero-order valence-corrected chi connectivity index (χ0v) is 11.8. The molecule has 2 aromatic heterocycles. The second kappa shape index (κ2) is 5.30. The fraction of sp³-hybridized carbons (Fsp3) is 0.429. The zero-order valence-electron chi connectivity index (χ0n) is 11.8. The van der Waals surface area contributed by atoms with E-state index in [4.69, 9.17) is 0 Å². The van der Waals surface area contributed by atoms with Crippen molar-refractivity contribution in [2.24, 2.45) is 7.05 Å². The molecule has 5 nitrogen and oxygen atoms in total. The molecule has 0 atom stereocenters. The lowest BCUT2D eigenvalue weighted by atomic mass is 10.1. The van der Waals surface area contributed by atoms with Crippen molar-refractivity contribution in [2.75, 3.05) is 0 Å². The molecule has 0 saturated carbocycles. The number of rotatable bonds is 4. The highest BCUT2D eigenvalue weighted by Gasteiger charge is 2.15. The lowest BCUT2D eigenvalue weighted by molar-refractivity contribution is 0.0949. The van der Waals surface area contributed by atoms with Crippen molar-refractivity contribution >= 4 is 5.91 Å². The molecule has 0 radical (unpaired) electrons. The molecule has 0 unspecified atom stereocenters. The minimum Gasteiger partial charge on any atom is -0.364 e. The monoisotopic (exact) mass is 260 g/mol. The number of hydrogen-bond donors (Lipinski definition) is 2. The van der Waals surface area contributed by atoms with E-state index in [-0.39, 0.29) is 5.91 Å². The van der Waals surface area contributed by atoms with Crippen molar-refractivity contribution < 1.29 is 4.79 Å². The van der Waals surface area contributed by atoms with Gasteiger partial charge in [0.05, 0.1) is 11.8 Å². The zero-order chi connectivity index (χ0) is 14.0. The quantitative estimate of drug-likeness (QED) is 0.884. The van der Waals surface area contributed by atoms with Crippen LogP contribution in [-0.4, -0.2) is 20.7 Å². The Balaban J connectivity index is 2.06. The van der Waals surface area contributed by atoms with Crippen LogP contribution < -0.4 is 5.32 Å². The molecule has 0 aliphatic carbocycles. The highest BCUT2D eigenvalue weighted by molar-refractivity contribution is 5.95. The minimum absolute atomic E-state index is 0.0480. The maximum atomic E-state index is 12.2. The van der Waals surface area contributed by atoms with Gasteiger partial charge in [-0.2, -0.15) is 5.10 Å². The van der Waals surface area contributed by atoms with Crippen LogP contribution in [0.1, 0.15) is 47.1 Å². The second-order valence-electron chi connectivity index (χ2n) is 5.02. The van der Waals surface area contributed by atoms with Gasteiger partial charge in [-0.3, -0.25) is 9.48 Å². The minimum atomic E-state index is -0.0480. The maximum absolute atomic E-state index is 12.2. The van der Waals surface area contributed by atoms with Gasteiger partial charge >= 0.3 is 0 Å². The molecule has 0 aliphatic heterocycles. The Morgan fingerprint density at radius 3 is 2.84 bits per heavy atom. The summed E-state index contributed by atoms with van der Waals surface area (Å²) in [4.78, 5) is 15.3. The average molecular weight is 260 g/mol. The van der Waals surface area contributed by atoms with Crippen LogP contribution in [0.15, 0.2) is 18.5 Å². The van der Waals surface area contributed by atoms with Crippen LogP contribution in [0.5, 0.6) is 0 Å². The summed E-state index contributed by atoms with van der Waals surface area (Å²) < 4.78 is 1.80. The number of hydrogen-bond acceptors (Lipinski definition) is 2. The Labute approximate surface area is 113 Å². The van der Waals surface area contributed by atoms with E-state index in [2.05, 4.69) is 29.2 Å². The van der Waals surface area contributed by atoms with Gasteiger partial charge in [0.15, 0.2) is 0 Å². The van der Waals surface area contributed by atoms with Crippen LogP contribution in [-0.2, 0) is 13.6 Å². The van der Waals surface area contributed by atoms with Gasteiger partial charge < -0.3 is 10.3 Å². The number of aromatic nitrogens is 3. The van der Waals surface area contributed by atoms with E-state index in [0.717, 1.165) is 22.5 Å². The van der Waals surface area contributed by atoms with Crippen LogP contribution in [0.4, 0.5) is 0 Å². The standard InChI is InChI=1S/C14H20N4O/c1-9(2)13-12(5-6-15-13)14(19)16-7-11-8-17-18(4)10(11)3/h5-6,8-9,15H,7H2,1-4H3,(H,16,19). The SMILES string of the molecule is Cc1c(CNC(=O)c2cc[nH]c2C(C)C)cnn1C. The van der Waals surface area contributed by atoms with E-state index < -0.39 is 0 Å². The van der Waals surface area contributed by atoms with E-state index in [0.29, 0.717) is 12.5 Å². The summed E-state index contributed by atoms with van der Waals surface area (Å²) in [6.07, 6.45) is 3.59. The molecule has 102 valence electrons. The van der Waals surface area contributed by atoms with Gasteiger partial charge in [-0.15, -0.1) is 0 Å². The second-order valence-corrected chi connectivity index (χ2v) is 5.02. The Kier molecular flexibility index (Phi) is 3.74. The Morgan fingerprint density at radius 2 is 2.26 bits per heavy atom. The van der Waals surface area contributed by atoms with Crippen LogP contribution in [0.3, 0.4) is 0 Å². The molecule has 2 heterocycles. The van der Waals surface area contributed by atoms with Gasteiger partial charge in [0.2, 0.25) is 0 Å². The summed E-state index contributed by atoms with van der Waals surface area (Å²) in [6.45, 7) is 6.62. The van der Waals surface area contributed by atoms with Gasteiger partial charge in [-0.1, -0.05) is 13.8 Å². The summed E-state index contributed by atoms with van der Waals surface area (Å²) in [5, 5.41) is 7.10. The number of nitrogens with zero attached hydrogens (tertiary/aromatic N) is 2. The molecule has 0 bridgehead atoms. The number of aryl methyl sites for hydroxylation is 1. The molecule has 2 aromatic rings. The molecule has 2 rings (SSSR count). The van der Waals surface area contributed by atoms with E-state index >= 15 is 0 Å². The van der Waals surface area contributed by atoms with Gasteiger partial charge in [-0.05, 0) is 18.9 Å². The number of H-pyrrole nitrogens is 1. The molecule has 2 N–H and O–H groups in total. The van der Waals surface area contributed by atoms with Crippen LogP contribution in [0.2, 0.25) is 0 Å². The first kappa shape index (κ1) is 13.4. The number of carbonyl (C=O) groups is 1. The van der Waals surface area contributed by atoms with Gasteiger partial charge in [0, 0.05) is 36.7 Å². The number of carbonyl (C=O) groups excluding carboxylic acids is 1. The smallest absolute Gasteiger partial charge is 0.253 e. The van der Waals surface area contributed by atoms with Crippen molar-refractivity contribution in [3.05, 3.63) is 41.0 Å². The number of nitrogens with one attached hydrogen (secondary N) is 2. The first-order chi connectivity index (χ1) is 9.00. The van der Waals surface area contributed by atoms with Crippen molar-refractivity contribution in [1.29, 1.82) is 0 Å². The molecule has 0 spiro atoms. The van der Waals surface area contributed by atoms with Crippen LogP contribution >= 0.6 is 0 Å². The predicted molar refractivity (Wildman–Crippen MR) is 74.0 cm³/mol. The summed E-state index contributed by atoms with van der Waals surface area (Å²) in [5.74, 6) is 0.254. The van der Waals surface area contributed by atoms with Gasteiger partial charge in [0.25, 0.3) is 5.91 Å². The number of amides is 1. The van der Waals surface area contributed by atoms with Crippen molar-refractivity contribution in [3.63, 3.8) is 0 Å². The number of aromatic amines is 1. The normalized spacial score (nSPS) is 11.0. The van der Waals surface area contributed by atoms with Crippen molar-refractivity contribution in [3.8, 4) is 0 Å². The predicted octanol–water partition coefficient (Wildman–Crippen LogP) is 2.11. The summed E-state index contributed by atoms with van der Waals surface area (Å²) in [6, 6.07) is 1.82. The Hall–Kier alpha value is -2.04. The third kappa shape index (κ3) is 2.70. The molecule has 0 saturated heterocycles. The van der Waals surface area contributed by atoms with Crippen molar-refractivity contribution in [1.82, 2.24) is 20.1 Å². The third-order valence-electron chi connectivity index (χ3n) is 3.38. The molecule has 19 heavy (non-hydrogen) atoms. The van der Waals surface area contributed by atoms with E-state index in [1.54, 1.807) is 17.1 Å². The maximum Gasteiger partial charge on any atom is 0.253 e. The topological polar surface area (TPSA) is 62.7 Å². The Bertz CT molecular complexity index is 580. The molecule has 0 aliphatic rings. The first-order valence-electron chi connectivity index (χ1n) is 6.43. The largest absolute Gasteiger partial charge is 0.364 e. The molecular formula is C14H20N4O.